The maximum atomic E-state index is 6.83. The number of nitrogens with zero attached hydrogens (tertiary/aromatic N) is 6. The second-order valence-electron chi connectivity index (χ2n) is 22.0. The summed E-state index contributed by atoms with van der Waals surface area (Å²) in [7, 11) is 0. The minimum atomic E-state index is 0.536. The molecule has 0 aliphatic heterocycles. The zero-order valence-electron chi connectivity index (χ0n) is 46.7. The molecule has 0 amide bonds. The summed E-state index contributed by atoms with van der Waals surface area (Å²) >= 11 is 0. The molecule has 0 bridgehead atoms. The monoisotopic (exact) mass is 1130 g/mol. The maximum Gasteiger partial charge on any atom is 0.164 e. The van der Waals surface area contributed by atoms with Gasteiger partial charge in [0.15, 0.2) is 34.9 Å². The van der Waals surface area contributed by atoms with Crippen molar-refractivity contribution < 1.29 is 17.7 Å². The third-order valence-corrected chi connectivity index (χ3v) is 16.8. The molecular formula is C78H44N6O4. The van der Waals surface area contributed by atoms with Crippen LogP contribution in [0.3, 0.4) is 0 Å². The van der Waals surface area contributed by atoms with Gasteiger partial charge in [0.2, 0.25) is 0 Å². The molecule has 0 fully saturated rings. The molecule has 6 heterocycles. The fourth-order valence-corrected chi connectivity index (χ4v) is 12.7. The van der Waals surface area contributed by atoms with Gasteiger partial charge in [0.25, 0.3) is 0 Å². The average molecular weight is 1130 g/mol. The Bertz CT molecular complexity index is 5770. The summed E-state index contributed by atoms with van der Waals surface area (Å²) in [6.07, 6.45) is 0. The number of rotatable bonds is 9. The molecule has 0 radical (unpaired) electrons. The van der Waals surface area contributed by atoms with Gasteiger partial charge in [-0.3, -0.25) is 0 Å². The van der Waals surface area contributed by atoms with E-state index in [2.05, 4.69) is 121 Å². The van der Waals surface area contributed by atoms with Gasteiger partial charge in [-0.05, 0) is 106 Å². The average Bonchev–Trinajstić information content (AvgIpc) is 2.40. The first-order valence-corrected chi connectivity index (χ1v) is 29.1. The molecule has 6 aromatic heterocycles. The van der Waals surface area contributed by atoms with Crippen molar-refractivity contribution in [3.63, 3.8) is 0 Å². The van der Waals surface area contributed by atoms with Crippen LogP contribution in [-0.2, 0) is 0 Å². The van der Waals surface area contributed by atoms with Crippen molar-refractivity contribution >= 4 is 87.8 Å². The second kappa shape index (κ2) is 19.7. The number of furan rings is 4. The second-order valence-corrected chi connectivity index (χ2v) is 22.0. The van der Waals surface area contributed by atoms with Crippen molar-refractivity contribution in [3.8, 4) is 102 Å². The Morgan fingerprint density at radius 2 is 0.523 bits per heavy atom. The molecule has 10 heteroatoms. The summed E-state index contributed by atoms with van der Waals surface area (Å²) in [6.45, 7) is 0. The Labute approximate surface area is 501 Å². The van der Waals surface area contributed by atoms with Gasteiger partial charge in [0.1, 0.15) is 44.7 Å². The number of benzene rings is 12. The first kappa shape index (κ1) is 49.3. The molecule has 0 spiro atoms. The molecule has 0 N–H and O–H groups in total. The lowest BCUT2D eigenvalue weighted by atomic mass is 9.93. The van der Waals surface area contributed by atoms with E-state index in [4.69, 9.17) is 47.6 Å². The number of para-hydroxylation sites is 1. The Morgan fingerprint density at radius 3 is 1.14 bits per heavy atom. The quantitative estimate of drug-likeness (QED) is 0.138. The van der Waals surface area contributed by atoms with Crippen LogP contribution in [0.1, 0.15) is 0 Å². The predicted molar refractivity (Wildman–Crippen MR) is 351 cm³/mol. The lowest BCUT2D eigenvalue weighted by molar-refractivity contribution is 0.668. The Balaban J connectivity index is 0.737. The fourth-order valence-electron chi connectivity index (χ4n) is 12.7. The minimum Gasteiger partial charge on any atom is -0.456 e. The molecule has 0 atom stereocenters. The van der Waals surface area contributed by atoms with Crippen LogP contribution < -0.4 is 0 Å². The number of fused-ring (bicyclic) bond motifs is 12. The Hall–Kier alpha value is -12.1. The van der Waals surface area contributed by atoms with Crippen molar-refractivity contribution in [3.05, 3.63) is 267 Å². The molecule has 0 aliphatic carbocycles. The number of hydrogen-bond donors (Lipinski definition) is 0. The van der Waals surface area contributed by atoms with Crippen molar-refractivity contribution in [2.24, 2.45) is 0 Å². The van der Waals surface area contributed by atoms with Gasteiger partial charge in [-0.2, -0.15) is 0 Å². The number of aromatic nitrogens is 6. The van der Waals surface area contributed by atoms with Crippen LogP contribution in [0.4, 0.5) is 0 Å². The molecule has 18 rings (SSSR count). The summed E-state index contributed by atoms with van der Waals surface area (Å²) in [6, 6.07) is 90.5. The molecule has 12 aromatic carbocycles. The molecule has 0 saturated heterocycles. The van der Waals surface area contributed by atoms with E-state index >= 15 is 0 Å². The normalized spacial score (nSPS) is 11.9. The molecule has 10 nitrogen and oxygen atoms in total. The van der Waals surface area contributed by atoms with Crippen molar-refractivity contribution in [1.82, 2.24) is 29.9 Å². The van der Waals surface area contributed by atoms with E-state index in [1.165, 1.54) is 0 Å². The molecule has 0 aliphatic rings. The Morgan fingerprint density at radius 1 is 0.170 bits per heavy atom. The number of hydrogen-bond acceptors (Lipinski definition) is 10. The summed E-state index contributed by atoms with van der Waals surface area (Å²) in [4.78, 5) is 31.0. The van der Waals surface area contributed by atoms with Gasteiger partial charge in [-0.1, -0.05) is 194 Å². The van der Waals surface area contributed by atoms with E-state index in [1.807, 2.05) is 146 Å². The molecule has 88 heavy (non-hydrogen) atoms. The third kappa shape index (κ3) is 8.11. The van der Waals surface area contributed by atoms with Crippen LogP contribution in [0.2, 0.25) is 0 Å². The van der Waals surface area contributed by atoms with Crippen molar-refractivity contribution in [2.75, 3.05) is 0 Å². The highest BCUT2D eigenvalue weighted by Gasteiger charge is 2.24. The van der Waals surface area contributed by atoms with Crippen LogP contribution in [0.25, 0.3) is 189 Å². The Kier molecular flexibility index (Phi) is 11.1. The molecule has 18 aromatic rings. The lowest BCUT2D eigenvalue weighted by Crippen LogP contribution is -2.00. The minimum absolute atomic E-state index is 0.536. The largest absolute Gasteiger partial charge is 0.456 e. The van der Waals surface area contributed by atoms with Gasteiger partial charge >= 0.3 is 0 Å². The SMILES string of the molecule is c1ccc(-c2nc(-c3cccc(-c4ccc5c(c4)oc4cccc(-c6cccc7oc8cccc(-c9nc(-c%10ccccc%10)nc(-c%10ccccc%10)n9)c8c67)c45)c3)nc(-c3cccc4oc5ccc(-c6ccc7oc8ccccc8c7c6)cc5c34)n2)cc1. The molecule has 0 saturated carbocycles. The van der Waals surface area contributed by atoms with Gasteiger partial charge < -0.3 is 17.7 Å². The highest BCUT2D eigenvalue weighted by Crippen LogP contribution is 2.46. The topological polar surface area (TPSA) is 130 Å². The summed E-state index contributed by atoms with van der Waals surface area (Å²) < 4.78 is 26.3. The highest BCUT2D eigenvalue weighted by molar-refractivity contribution is 6.22. The summed E-state index contributed by atoms with van der Waals surface area (Å²) in [5.41, 5.74) is 17.6. The predicted octanol–water partition coefficient (Wildman–Crippen LogP) is 20.7. The van der Waals surface area contributed by atoms with Crippen LogP contribution in [0, 0.1) is 0 Å². The first-order chi connectivity index (χ1) is 43.6. The van der Waals surface area contributed by atoms with Crippen molar-refractivity contribution in [2.45, 2.75) is 0 Å². The van der Waals surface area contributed by atoms with E-state index < -0.39 is 0 Å². The zero-order chi connectivity index (χ0) is 57.8. The van der Waals surface area contributed by atoms with Gasteiger partial charge in [-0.25, -0.2) is 29.9 Å². The maximum absolute atomic E-state index is 6.83. The van der Waals surface area contributed by atoms with Gasteiger partial charge in [0, 0.05) is 76.5 Å². The van der Waals surface area contributed by atoms with E-state index in [0.29, 0.717) is 34.9 Å². The summed E-state index contributed by atoms with van der Waals surface area (Å²) in [5.74, 6) is 3.37. The lowest BCUT2D eigenvalue weighted by Gasteiger charge is -2.11. The third-order valence-electron chi connectivity index (χ3n) is 16.8. The van der Waals surface area contributed by atoms with E-state index in [9.17, 15) is 0 Å². The standard InChI is InChI=1S/C78H44N6O4/c1-4-17-45(18-5-1)73-79-74(46-19-6-2-7-20-46)83-78(82-73)58-29-16-34-67-72(58)71-55(27-14-33-66(71)87-67)54-26-13-31-64-69(54)56-38-35-51(44-68(56)88-64)48-23-12-24-52(41-48)76-80-75(47-21-8-3-9-22-47)81-77(84-76)57-28-15-32-65-70(57)60-43-50(37-40-63(60)86-65)49-36-39-62-59(42-49)53-25-10-11-30-61(53)85-62/h1-44H. The van der Waals surface area contributed by atoms with E-state index in [1.54, 1.807) is 0 Å². The van der Waals surface area contributed by atoms with E-state index in [0.717, 1.165) is 155 Å². The molecule has 410 valence electrons. The van der Waals surface area contributed by atoms with Crippen molar-refractivity contribution in [1.29, 1.82) is 0 Å². The van der Waals surface area contributed by atoms with Gasteiger partial charge in [0.05, 0.1) is 0 Å². The highest BCUT2D eigenvalue weighted by atomic mass is 16.3. The fraction of sp³-hybridized carbons (Fsp3) is 0. The van der Waals surface area contributed by atoms with Gasteiger partial charge in [-0.15, -0.1) is 0 Å². The smallest absolute Gasteiger partial charge is 0.164 e. The van der Waals surface area contributed by atoms with Crippen LogP contribution in [0.5, 0.6) is 0 Å². The molecule has 0 unspecified atom stereocenters. The van der Waals surface area contributed by atoms with Crippen LogP contribution >= 0.6 is 0 Å². The van der Waals surface area contributed by atoms with Crippen LogP contribution in [0.15, 0.2) is 285 Å². The van der Waals surface area contributed by atoms with Crippen LogP contribution in [-0.4, -0.2) is 29.9 Å². The summed E-state index contributed by atoms with van der Waals surface area (Å²) in [5, 5.41) is 7.92. The first-order valence-electron chi connectivity index (χ1n) is 29.1. The molecular weight excluding hydrogens is 1080 g/mol. The zero-order valence-corrected chi connectivity index (χ0v) is 46.7. The van der Waals surface area contributed by atoms with E-state index in [-0.39, 0.29) is 0 Å².